The van der Waals surface area contributed by atoms with E-state index in [9.17, 15) is 4.79 Å². The fourth-order valence-electron chi connectivity index (χ4n) is 1.61. The molecule has 0 fully saturated rings. The first kappa shape index (κ1) is 12.7. The summed E-state index contributed by atoms with van der Waals surface area (Å²) < 4.78 is 1.85. The predicted molar refractivity (Wildman–Crippen MR) is 64.4 cm³/mol. The molecule has 0 aliphatic carbocycles. The summed E-state index contributed by atoms with van der Waals surface area (Å²) >= 11 is 0. The molecule has 0 aliphatic rings. The second kappa shape index (κ2) is 7.04. The van der Waals surface area contributed by atoms with Crippen molar-refractivity contribution in [2.45, 2.75) is 46.1 Å². The summed E-state index contributed by atoms with van der Waals surface area (Å²) in [6, 6.07) is 0. The van der Waals surface area contributed by atoms with E-state index in [2.05, 4.69) is 17.2 Å². The van der Waals surface area contributed by atoms with Crippen molar-refractivity contribution in [2.75, 3.05) is 6.54 Å². The van der Waals surface area contributed by atoms with Crippen molar-refractivity contribution in [3.63, 3.8) is 0 Å². The molecule has 0 bridgehead atoms. The normalized spacial score (nSPS) is 10.4. The minimum atomic E-state index is -0.0663. The van der Waals surface area contributed by atoms with E-state index in [-0.39, 0.29) is 5.91 Å². The lowest BCUT2D eigenvalue weighted by Crippen LogP contribution is -2.27. The minimum Gasteiger partial charge on any atom is -0.349 e. The molecule has 0 aromatic carbocycles. The van der Waals surface area contributed by atoms with Gasteiger partial charge in [-0.15, -0.1) is 0 Å². The Kier molecular flexibility index (Phi) is 5.61. The van der Waals surface area contributed by atoms with Gasteiger partial charge in [-0.05, 0) is 13.3 Å². The molecule has 16 heavy (non-hydrogen) atoms. The lowest BCUT2D eigenvalue weighted by molar-refractivity contribution is 0.0938. The standard InChI is InChI=1S/C12H21N3O/c1-3-5-6-7-8-14-12(16)11-13-9-10-15(11)4-2/h9-10H,3-8H2,1-2H3,(H,14,16). The van der Waals surface area contributed by atoms with Gasteiger partial charge >= 0.3 is 0 Å². The molecule has 0 aliphatic heterocycles. The Morgan fingerprint density at radius 2 is 2.19 bits per heavy atom. The highest BCUT2D eigenvalue weighted by atomic mass is 16.2. The van der Waals surface area contributed by atoms with Gasteiger partial charge in [-0.25, -0.2) is 4.98 Å². The van der Waals surface area contributed by atoms with E-state index in [1.165, 1.54) is 19.3 Å². The maximum atomic E-state index is 11.7. The number of rotatable bonds is 7. The van der Waals surface area contributed by atoms with E-state index in [1.54, 1.807) is 6.20 Å². The zero-order valence-electron chi connectivity index (χ0n) is 10.2. The molecule has 0 saturated carbocycles. The molecule has 4 nitrogen and oxygen atoms in total. The SMILES string of the molecule is CCCCCCNC(=O)c1nccn1CC. The fourth-order valence-corrected chi connectivity index (χ4v) is 1.61. The second-order valence-corrected chi connectivity index (χ2v) is 3.85. The number of hydrogen-bond acceptors (Lipinski definition) is 2. The van der Waals surface area contributed by atoms with Crippen LogP contribution in [0.4, 0.5) is 0 Å². The van der Waals surface area contributed by atoms with Gasteiger partial charge < -0.3 is 9.88 Å². The van der Waals surface area contributed by atoms with Gasteiger partial charge in [0.2, 0.25) is 0 Å². The predicted octanol–water partition coefficient (Wildman–Crippen LogP) is 2.21. The second-order valence-electron chi connectivity index (χ2n) is 3.85. The molecule has 4 heteroatoms. The molecule has 0 saturated heterocycles. The van der Waals surface area contributed by atoms with Gasteiger partial charge in [-0.1, -0.05) is 26.2 Å². The lowest BCUT2D eigenvalue weighted by Gasteiger charge is -2.06. The van der Waals surface area contributed by atoms with E-state index in [0.29, 0.717) is 5.82 Å². The largest absolute Gasteiger partial charge is 0.349 e. The number of aryl methyl sites for hydroxylation is 1. The van der Waals surface area contributed by atoms with Gasteiger partial charge in [-0.3, -0.25) is 4.79 Å². The Balaban J connectivity index is 2.30. The number of nitrogens with zero attached hydrogens (tertiary/aromatic N) is 2. The van der Waals surface area contributed by atoms with Gasteiger partial charge in [0.1, 0.15) is 0 Å². The maximum absolute atomic E-state index is 11.7. The van der Waals surface area contributed by atoms with Crippen LogP contribution in [0.2, 0.25) is 0 Å². The highest BCUT2D eigenvalue weighted by molar-refractivity contribution is 5.90. The summed E-state index contributed by atoms with van der Waals surface area (Å²) in [5.41, 5.74) is 0. The molecule has 1 heterocycles. The molecule has 90 valence electrons. The highest BCUT2D eigenvalue weighted by Crippen LogP contribution is 1.99. The van der Waals surface area contributed by atoms with Crippen LogP contribution in [0.1, 0.15) is 50.1 Å². The van der Waals surface area contributed by atoms with E-state index in [4.69, 9.17) is 0 Å². The van der Waals surface area contributed by atoms with Gasteiger partial charge in [0.15, 0.2) is 5.82 Å². The van der Waals surface area contributed by atoms with Crippen LogP contribution in [0.15, 0.2) is 12.4 Å². The number of unbranched alkanes of at least 4 members (excludes halogenated alkanes) is 3. The van der Waals surface area contributed by atoms with Crippen LogP contribution in [0.5, 0.6) is 0 Å². The maximum Gasteiger partial charge on any atom is 0.287 e. The van der Waals surface area contributed by atoms with Crippen molar-refractivity contribution in [3.05, 3.63) is 18.2 Å². The van der Waals surface area contributed by atoms with Crippen LogP contribution in [0, 0.1) is 0 Å². The first-order chi connectivity index (χ1) is 7.79. The van der Waals surface area contributed by atoms with Gasteiger partial charge in [0.05, 0.1) is 0 Å². The van der Waals surface area contributed by atoms with E-state index < -0.39 is 0 Å². The number of carbonyl (C=O) groups is 1. The summed E-state index contributed by atoms with van der Waals surface area (Å²) in [5.74, 6) is 0.446. The third kappa shape index (κ3) is 3.68. The van der Waals surface area contributed by atoms with Gasteiger partial charge in [0.25, 0.3) is 5.91 Å². The average molecular weight is 223 g/mol. The third-order valence-electron chi connectivity index (χ3n) is 2.58. The van der Waals surface area contributed by atoms with E-state index >= 15 is 0 Å². The highest BCUT2D eigenvalue weighted by Gasteiger charge is 2.10. The molecule has 1 amide bonds. The molecule has 1 aromatic heterocycles. The molecule has 1 aromatic rings. The molecule has 1 N–H and O–H groups in total. The van der Waals surface area contributed by atoms with Crippen molar-refractivity contribution < 1.29 is 4.79 Å². The van der Waals surface area contributed by atoms with Crippen molar-refractivity contribution in [1.82, 2.24) is 14.9 Å². The minimum absolute atomic E-state index is 0.0663. The quantitative estimate of drug-likeness (QED) is 0.720. The van der Waals surface area contributed by atoms with Gasteiger partial charge in [0, 0.05) is 25.5 Å². The molecule has 0 radical (unpaired) electrons. The summed E-state index contributed by atoms with van der Waals surface area (Å²) in [4.78, 5) is 15.8. The smallest absolute Gasteiger partial charge is 0.287 e. The third-order valence-corrected chi connectivity index (χ3v) is 2.58. The van der Waals surface area contributed by atoms with E-state index in [0.717, 1.165) is 19.5 Å². The van der Waals surface area contributed by atoms with Crippen LogP contribution >= 0.6 is 0 Å². The van der Waals surface area contributed by atoms with Crippen LogP contribution in [-0.2, 0) is 6.54 Å². The Morgan fingerprint density at radius 1 is 1.38 bits per heavy atom. The summed E-state index contributed by atoms with van der Waals surface area (Å²) in [7, 11) is 0. The zero-order chi connectivity index (χ0) is 11.8. The Morgan fingerprint density at radius 3 is 2.88 bits per heavy atom. The molecule has 0 atom stereocenters. The van der Waals surface area contributed by atoms with E-state index in [1.807, 2.05) is 17.7 Å². The zero-order valence-corrected chi connectivity index (χ0v) is 10.2. The van der Waals surface area contributed by atoms with Crippen molar-refractivity contribution in [3.8, 4) is 0 Å². The fraction of sp³-hybridized carbons (Fsp3) is 0.667. The molecule has 1 rings (SSSR count). The van der Waals surface area contributed by atoms with Crippen molar-refractivity contribution >= 4 is 5.91 Å². The number of carbonyl (C=O) groups excluding carboxylic acids is 1. The molecular weight excluding hydrogens is 202 g/mol. The number of hydrogen-bond donors (Lipinski definition) is 1. The Labute approximate surface area is 97.1 Å². The van der Waals surface area contributed by atoms with Gasteiger partial charge in [-0.2, -0.15) is 0 Å². The Bertz CT molecular complexity index is 320. The number of nitrogens with one attached hydrogen (secondary N) is 1. The summed E-state index contributed by atoms with van der Waals surface area (Å²) in [6.07, 6.45) is 8.17. The average Bonchev–Trinajstić information content (AvgIpc) is 2.76. The summed E-state index contributed by atoms with van der Waals surface area (Å²) in [5, 5.41) is 2.90. The molecule has 0 unspecified atom stereocenters. The number of amides is 1. The van der Waals surface area contributed by atoms with Crippen molar-refractivity contribution in [1.29, 1.82) is 0 Å². The molecular formula is C12H21N3O. The lowest BCUT2D eigenvalue weighted by atomic mass is 10.2. The Hall–Kier alpha value is -1.32. The topological polar surface area (TPSA) is 46.9 Å². The van der Waals surface area contributed by atoms with Crippen LogP contribution in [-0.4, -0.2) is 22.0 Å². The summed E-state index contributed by atoms with van der Waals surface area (Å²) in [6.45, 7) is 5.70. The van der Waals surface area contributed by atoms with Crippen molar-refractivity contribution in [2.24, 2.45) is 0 Å². The molecule has 0 spiro atoms. The number of imidazole rings is 1. The van der Waals surface area contributed by atoms with Crippen LogP contribution in [0.25, 0.3) is 0 Å². The first-order valence-corrected chi connectivity index (χ1v) is 6.09. The first-order valence-electron chi connectivity index (χ1n) is 6.09. The monoisotopic (exact) mass is 223 g/mol. The number of aromatic nitrogens is 2. The van der Waals surface area contributed by atoms with Crippen LogP contribution in [0.3, 0.4) is 0 Å². The van der Waals surface area contributed by atoms with Crippen LogP contribution < -0.4 is 5.32 Å².